The van der Waals surface area contributed by atoms with Crippen LogP contribution in [0.5, 0.6) is 5.75 Å². The molecule has 2 amide bonds. The number of likely N-dealkylation sites (tertiary alicyclic amines) is 1. The van der Waals surface area contributed by atoms with Gasteiger partial charge in [0, 0.05) is 28.8 Å². The van der Waals surface area contributed by atoms with Crippen molar-refractivity contribution in [2.75, 3.05) is 25.5 Å². The molecule has 0 spiro atoms. The molecule has 0 radical (unpaired) electrons. The molecule has 8 heteroatoms. The standard InChI is InChI=1S/C21H21BrN4O3/c1-28-18-6-2-4-14(12-18)19-24-20(29-25-19)15-5-3-11-26(13-15)21(27)23-17-9-7-16(22)8-10-17/h2,4,6-10,12,15H,3,5,11,13H2,1H3,(H,23,27). The molecule has 1 aliphatic rings. The average molecular weight is 457 g/mol. The maximum Gasteiger partial charge on any atom is 0.321 e. The van der Waals surface area contributed by atoms with Gasteiger partial charge in [-0.3, -0.25) is 0 Å². The van der Waals surface area contributed by atoms with E-state index in [1.54, 1.807) is 12.0 Å². The number of piperidine rings is 1. The Kier molecular flexibility index (Phi) is 5.80. The molecule has 0 saturated carbocycles. The number of anilines is 1. The first-order valence-electron chi connectivity index (χ1n) is 9.42. The van der Waals surface area contributed by atoms with Crippen LogP contribution in [0.3, 0.4) is 0 Å². The van der Waals surface area contributed by atoms with Gasteiger partial charge in [0.05, 0.1) is 13.0 Å². The Bertz CT molecular complexity index is 990. The Morgan fingerprint density at radius 3 is 2.90 bits per heavy atom. The van der Waals surface area contributed by atoms with Crippen LogP contribution in [0, 0.1) is 0 Å². The number of amides is 2. The number of benzene rings is 2. The van der Waals surface area contributed by atoms with E-state index in [1.807, 2.05) is 48.5 Å². The van der Waals surface area contributed by atoms with Crippen LogP contribution in [0.1, 0.15) is 24.7 Å². The summed E-state index contributed by atoms with van der Waals surface area (Å²) >= 11 is 3.40. The number of aromatic nitrogens is 2. The van der Waals surface area contributed by atoms with Crippen LogP contribution in [0.25, 0.3) is 11.4 Å². The van der Waals surface area contributed by atoms with E-state index in [4.69, 9.17) is 9.26 Å². The molecule has 29 heavy (non-hydrogen) atoms. The molecule has 4 rings (SSSR count). The van der Waals surface area contributed by atoms with Crippen molar-refractivity contribution in [1.82, 2.24) is 15.0 Å². The molecule has 1 fully saturated rings. The first kappa shape index (κ1) is 19.4. The Morgan fingerprint density at radius 2 is 2.10 bits per heavy atom. The zero-order chi connectivity index (χ0) is 20.2. The SMILES string of the molecule is COc1cccc(-c2noc(C3CCCN(C(=O)Nc4ccc(Br)cc4)C3)n2)c1. The van der Waals surface area contributed by atoms with Gasteiger partial charge in [0.25, 0.3) is 0 Å². The minimum absolute atomic E-state index is 0.0197. The van der Waals surface area contributed by atoms with Crippen molar-refractivity contribution in [2.24, 2.45) is 0 Å². The van der Waals surface area contributed by atoms with Gasteiger partial charge in [-0.1, -0.05) is 33.2 Å². The Hall–Kier alpha value is -2.87. The Balaban J connectivity index is 1.43. The fourth-order valence-electron chi connectivity index (χ4n) is 3.38. The van der Waals surface area contributed by atoms with E-state index in [0.29, 0.717) is 24.8 Å². The second kappa shape index (κ2) is 8.65. The third-order valence-corrected chi connectivity index (χ3v) is 5.45. The second-order valence-corrected chi connectivity index (χ2v) is 7.83. The lowest BCUT2D eigenvalue weighted by molar-refractivity contribution is 0.184. The minimum Gasteiger partial charge on any atom is -0.497 e. The molecule has 1 unspecified atom stereocenters. The molecule has 1 aliphatic heterocycles. The lowest BCUT2D eigenvalue weighted by Gasteiger charge is -2.31. The summed E-state index contributed by atoms with van der Waals surface area (Å²) < 4.78 is 11.8. The Morgan fingerprint density at radius 1 is 1.28 bits per heavy atom. The lowest BCUT2D eigenvalue weighted by atomic mass is 9.98. The van der Waals surface area contributed by atoms with E-state index in [9.17, 15) is 4.79 Å². The number of urea groups is 1. The number of nitrogens with one attached hydrogen (secondary N) is 1. The van der Waals surface area contributed by atoms with Crippen molar-refractivity contribution in [3.63, 3.8) is 0 Å². The van der Waals surface area contributed by atoms with Gasteiger partial charge < -0.3 is 19.5 Å². The maximum absolute atomic E-state index is 12.6. The summed E-state index contributed by atoms with van der Waals surface area (Å²) in [6.07, 6.45) is 1.79. The average Bonchev–Trinajstić information content (AvgIpc) is 3.26. The molecule has 2 heterocycles. The summed E-state index contributed by atoms with van der Waals surface area (Å²) in [4.78, 5) is 19.0. The van der Waals surface area contributed by atoms with Crippen LogP contribution in [-0.4, -0.2) is 41.3 Å². The highest BCUT2D eigenvalue weighted by molar-refractivity contribution is 9.10. The highest BCUT2D eigenvalue weighted by Gasteiger charge is 2.29. The summed E-state index contributed by atoms with van der Waals surface area (Å²) in [6, 6.07) is 14.9. The molecule has 3 aromatic rings. The fraction of sp³-hybridized carbons (Fsp3) is 0.286. The zero-order valence-electron chi connectivity index (χ0n) is 16.0. The molecule has 150 valence electrons. The molecule has 1 N–H and O–H groups in total. The maximum atomic E-state index is 12.6. The van der Waals surface area contributed by atoms with Crippen LogP contribution in [0.2, 0.25) is 0 Å². The summed E-state index contributed by atoms with van der Waals surface area (Å²) in [6.45, 7) is 1.25. The van der Waals surface area contributed by atoms with Crippen LogP contribution in [0.4, 0.5) is 10.5 Å². The molecule has 1 saturated heterocycles. The lowest BCUT2D eigenvalue weighted by Crippen LogP contribution is -2.41. The molecule has 2 aromatic carbocycles. The summed E-state index contributed by atoms with van der Waals surface area (Å²) in [5, 5.41) is 7.06. The first-order valence-corrected chi connectivity index (χ1v) is 10.2. The van der Waals surface area contributed by atoms with Gasteiger partial charge in [-0.15, -0.1) is 0 Å². The Labute approximate surface area is 177 Å². The summed E-state index contributed by atoms with van der Waals surface area (Å²) in [5.41, 5.74) is 1.60. The van der Waals surface area contributed by atoms with Crippen molar-refractivity contribution >= 4 is 27.6 Å². The van der Waals surface area contributed by atoms with Crippen molar-refractivity contribution in [2.45, 2.75) is 18.8 Å². The predicted octanol–water partition coefficient (Wildman–Crippen LogP) is 4.92. The van der Waals surface area contributed by atoms with E-state index in [-0.39, 0.29) is 11.9 Å². The van der Waals surface area contributed by atoms with Gasteiger partial charge in [0.2, 0.25) is 11.7 Å². The number of carbonyl (C=O) groups is 1. The highest BCUT2D eigenvalue weighted by atomic mass is 79.9. The van der Waals surface area contributed by atoms with Crippen LogP contribution in [-0.2, 0) is 0 Å². The predicted molar refractivity (Wildman–Crippen MR) is 113 cm³/mol. The van der Waals surface area contributed by atoms with Crippen molar-refractivity contribution in [3.05, 3.63) is 58.9 Å². The van der Waals surface area contributed by atoms with E-state index in [1.165, 1.54) is 0 Å². The molecule has 1 atom stereocenters. The monoisotopic (exact) mass is 456 g/mol. The number of carbonyl (C=O) groups excluding carboxylic acids is 1. The van der Waals surface area contributed by atoms with Gasteiger partial charge in [0.1, 0.15) is 5.75 Å². The smallest absolute Gasteiger partial charge is 0.321 e. The van der Waals surface area contributed by atoms with Crippen molar-refractivity contribution in [3.8, 4) is 17.1 Å². The van der Waals surface area contributed by atoms with Gasteiger partial charge in [-0.05, 0) is 49.2 Å². The third-order valence-electron chi connectivity index (χ3n) is 4.92. The van der Waals surface area contributed by atoms with E-state index >= 15 is 0 Å². The van der Waals surface area contributed by atoms with Gasteiger partial charge >= 0.3 is 6.03 Å². The number of halogens is 1. The molecular formula is C21H21BrN4O3. The third kappa shape index (κ3) is 4.59. The molecular weight excluding hydrogens is 436 g/mol. The summed E-state index contributed by atoms with van der Waals surface area (Å²) in [5.74, 6) is 1.84. The van der Waals surface area contributed by atoms with Gasteiger partial charge in [-0.25, -0.2) is 4.79 Å². The quantitative estimate of drug-likeness (QED) is 0.602. The normalized spacial score (nSPS) is 16.5. The summed E-state index contributed by atoms with van der Waals surface area (Å²) in [7, 11) is 1.62. The van der Waals surface area contributed by atoms with Crippen LogP contribution < -0.4 is 10.1 Å². The van der Waals surface area contributed by atoms with Crippen molar-refractivity contribution < 1.29 is 14.1 Å². The van der Waals surface area contributed by atoms with Crippen molar-refractivity contribution in [1.29, 1.82) is 0 Å². The van der Waals surface area contributed by atoms with Crippen LogP contribution >= 0.6 is 15.9 Å². The number of ether oxygens (including phenoxy) is 1. The molecule has 1 aromatic heterocycles. The molecule has 0 aliphatic carbocycles. The highest BCUT2D eigenvalue weighted by Crippen LogP contribution is 2.29. The van der Waals surface area contributed by atoms with E-state index in [2.05, 4.69) is 31.4 Å². The molecule has 7 nitrogen and oxygen atoms in total. The van der Waals surface area contributed by atoms with E-state index < -0.39 is 0 Å². The van der Waals surface area contributed by atoms with Gasteiger partial charge in [0.15, 0.2) is 0 Å². The number of hydrogen-bond donors (Lipinski definition) is 1. The topological polar surface area (TPSA) is 80.5 Å². The molecule has 0 bridgehead atoms. The number of hydrogen-bond acceptors (Lipinski definition) is 5. The van der Waals surface area contributed by atoms with Crippen LogP contribution in [0.15, 0.2) is 57.5 Å². The van der Waals surface area contributed by atoms with E-state index in [0.717, 1.165) is 34.3 Å². The largest absolute Gasteiger partial charge is 0.497 e. The minimum atomic E-state index is -0.121. The number of rotatable bonds is 4. The number of nitrogens with zero attached hydrogens (tertiary/aromatic N) is 3. The number of methoxy groups -OCH3 is 1. The zero-order valence-corrected chi connectivity index (χ0v) is 17.6. The first-order chi connectivity index (χ1) is 14.1. The second-order valence-electron chi connectivity index (χ2n) is 6.91. The fourth-order valence-corrected chi connectivity index (χ4v) is 3.64. The van der Waals surface area contributed by atoms with Gasteiger partial charge in [-0.2, -0.15) is 4.98 Å².